The van der Waals surface area contributed by atoms with Crippen molar-refractivity contribution in [2.45, 2.75) is 33.1 Å². The molecule has 112 valence electrons. The lowest BCUT2D eigenvalue weighted by Gasteiger charge is -2.10. The van der Waals surface area contributed by atoms with Crippen molar-refractivity contribution in [1.82, 2.24) is 9.97 Å². The summed E-state index contributed by atoms with van der Waals surface area (Å²) in [7, 11) is 0. The molecule has 1 aromatic carbocycles. The van der Waals surface area contributed by atoms with Crippen LogP contribution in [-0.4, -0.2) is 16.5 Å². The van der Waals surface area contributed by atoms with Gasteiger partial charge in [-0.05, 0) is 31.0 Å². The Morgan fingerprint density at radius 3 is 2.62 bits per heavy atom. The van der Waals surface area contributed by atoms with Gasteiger partial charge in [0.05, 0.1) is 5.69 Å². The second kappa shape index (κ2) is 7.36. The molecule has 0 bridgehead atoms. The highest BCUT2D eigenvalue weighted by Crippen LogP contribution is 2.25. The Morgan fingerprint density at radius 1 is 1.14 bits per heavy atom. The summed E-state index contributed by atoms with van der Waals surface area (Å²) in [5.74, 6) is 1.09. The standard InChI is InChI=1S/C16H19ClFN3/c1-3-5-15-20-14(10-16(21-15)19-8-4-2)12-7-6-11(17)9-13(12)18/h6-7,9-10H,3-5,8H2,1-2H3,(H,19,20,21). The molecule has 21 heavy (non-hydrogen) atoms. The van der Waals surface area contributed by atoms with Crippen LogP contribution in [-0.2, 0) is 6.42 Å². The third kappa shape index (κ3) is 4.14. The van der Waals surface area contributed by atoms with Gasteiger partial charge in [0.25, 0.3) is 0 Å². The fraction of sp³-hybridized carbons (Fsp3) is 0.375. The summed E-state index contributed by atoms with van der Waals surface area (Å²) in [5.41, 5.74) is 1.03. The molecule has 0 atom stereocenters. The highest BCUT2D eigenvalue weighted by atomic mass is 35.5. The van der Waals surface area contributed by atoms with Gasteiger partial charge in [-0.2, -0.15) is 0 Å². The Balaban J connectivity index is 2.43. The molecule has 1 aromatic heterocycles. The van der Waals surface area contributed by atoms with E-state index in [4.69, 9.17) is 11.6 Å². The van der Waals surface area contributed by atoms with Gasteiger partial charge in [-0.1, -0.05) is 25.4 Å². The molecule has 1 N–H and O–H groups in total. The number of hydrogen-bond acceptors (Lipinski definition) is 3. The first-order chi connectivity index (χ1) is 10.1. The Labute approximate surface area is 129 Å². The lowest BCUT2D eigenvalue weighted by atomic mass is 10.1. The van der Waals surface area contributed by atoms with E-state index in [0.29, 0.717) is 16.3 Å². The number of hydrogen-bond donors (Lipinski definition) is 1. The van der Waals surface area contributed by atoms with E-state index in [1.165, 1.54) is 6.07 Å². The molecule has 0 fully saturated rings. The minimum absolute atomic E-state index is 0.370. The van der Waals surface area contributed by atoms with Crippen molar-refractivity contribution in [2.75, 3.05) is 11.9 Å². The van der Waals surface area contributed by atoms with E-state index >= 15 is 0 Å². The summed E-state index contributed by atoms with van der Waals surface area (Å²) in [6.07, 6.45) is 2.71. The van der Waals surface area contributed by atoms with Gasteiger partial charge in [0, 0.05) is 29.6 Å². The van der Waals surface area contributed by atoms with E-state index in [1.54, 1.807) is 18.2 Å². The zero-order chi connectivity index (χ0) is 15.2. The van der Waals surface area contributed by atoms with Crippen LogP contribution in [0.2, 0.25) is 5.02 Å². The van der Waals surface area contributed by atoms with E-state index in [9.17, 15) is 4.39 Å². The normalized spacial score (nSPS) is 10.7. The number of benzene rings is 1. The lowest BCUT2D eigenvalue weighted by Crippen LogP contribution is -2.06. The minimum Gasteiger partial charge on any atom is -0.370 e. The maximum Gasteiger partial charge on any atom is 0.134 e. The first-order valence-corrected chi connectivity index (χ1v) is 7.59. The minimum atomic E-state index is -0.370. The predicted molar refractivity (Wildman–Crippen MR) is 85.2 cm³/mol. The van der Waals surface area contributed by atoms with Crippen LogP contribution in [0, 0.1) is 5.82 Å². The molecule has 5 heteroatoms. The van der Waals surface area contributed by atoms with Gasteiger partial charge in [0.1, 0.15) is 17.5 Å². The van der Waals surface area contributed by atoms with Crippen molar-refractivity contribution < 1.29 is 4.39 Å². The smallest absolute Gasteiger partial charge is 0.134 e. The highest BCUT2D eigenvalue weighted by Gasteiger charge is 2.11. The summed E-state index contributed by atoms with van der Waals surface area (Å²) in [4.78, 5) is 8.92. The molecule has 1 heterocycles. The summed E-state index contributed by atoms with van der Waals surface area (Å²) in [5, 5.41) is 3.61. The first kappa shape index (κ1) is 15.7. The Hall–Kier alpha value is -1.68. The first-order valence-electron chi connectivity index (χ1n) is 7.21. The molecule has 0 amide bonds. The average Bonchev–Trinajstić information content (AvgIpc) is 2.45. The Bertz CT molecular complexity index is 616. The molecule has 0 aliphatic rings. The van der Waals surface area contributed by atoms with Crippen LogP contribution in [0.1, 0.15) is 32.5 Å². The molecule has 0 radical (unpaired) electrons. The zero-order valence-corrected chi connectivity index (χ0v) is 13.0. The molecule has 0 aliphatic heterocycles. The molecule has 2 aromatic rings. The van der Waals surface area contributed by atoms with Gasteiger partial charge in [-0.15, -0.1) is 0 Å². The molecule has 0 aliphatic carbocycles. The third-order valence-corrected chi connectivity index (χ3v) is 3.24. The van der Waals surface area contributed by atoms with Crippen molar-refractivity contribution in [2.24, 2.45) is 0 Å². The fourth-order valence-corrected chi connectivity index (χ4v) is 2.17. The predicted octanol–water partition coefficient (Wildman–Crippen LogP) is 4.71. The van der Waals surface area contributed by atoms with Crippen LogP contribution in [0.25, 0.3) is 11.3 Å². The summed E-state index contributed by atoms with van der Waals surface area (Å²) < 4.78 is 14.1. The number of aryl methyl sites for hydroxylation is 1. The van der Waals surface area contributed by atoms with Gasteiger partial charge in [0.2, 0.25) is 0 Å². The third-order valence-electron chi connectivity index (χ3n) is 3.01. The molecule has 0 spiro atoms. The number of rotatable bonds is 6. The van der Waals surface area contributed by atoms with Crippen molar-refractivity contribution in [3.8, 4) is 11.3 Å². The van der Waals surface area contributed by atoms with Crippen LogP contribution < -0.4 is 5.32 Å². The second-order valence-corrected chi connectivity index (χ2v) is 5.29. The molecular weight excluding hydrogens is 289 g/mol. The van der Waals surface area contributed by atoms with E-state index in [-0.39, 0.29) is 5.82 Å². The maximum absolute atomic E-state index is 14.1. The van der Waals surface area contributed by atoms with Gasteiger partial charge in [-0.3, -0.25) is 0 Å². The van der Waals surface area contributed by atoms with Crippen LogP contribution in [0.4, 0.5) is 10.2 Å². The number of aromatic nitrogens is 2. The highest BCUT2D eigenvalue weighted by molar-refractivity contribution is 6.30. The zero-order valence-electron chi connectivity index (χ0n) is 12.3. The molecule has 0 saturated heterocycles. The van der Waals surface area contributed by atoms with E-state index in [1.807, 2.05) is 0 Å². The summed E-state index contributed by atoms with van der Waals surface area (Å²) in [6.45, 7) is 4.98. The number of anilines is 1. The maximum atomic E-state index is 14.1. The summed E-state index contributed by atoms with van der Waals surface area (Å²) in [6, 6.07) is 6.40. The van der Waals surface area contributed by atoms with Crippen LogP contribution in [0.5, 0.6) is 0 Å². The van der Waals surface area contributed by atoms with Crippen molar-refractivity contribution in [3.05, 3.63) is 40.9 Å². The Morgan fingerprint density at radius 2 is 1.95 bits per heavy atom. The average molecular weight is 308 g/mol. The number of halogens is 2. The molecule has 3 nitrogen and oxygen atoms in total. The lowest BCUT2D eigenvalue weighted by molar-refractivity contribution is 0.630. The summed E-state index contributed by atoms with van der Waals surface area (Å²) >= 11 is 5.80. The monoisotopic (exact) mass is 307 g/mol. The van der Waals surface area contributed by atoms with Crippen molar-refractivity contribution in [1.29, 1.82) is 0 Å². The van der Waals surface area contributed by atoms with Crippen molar-refractivity contribution in [3.63, 3.8) is 0 Å². The number of nitrogens with one attached hydrogen (secondary N) is 1. The van der Waals surface area contributed by atoms with Gasteiger partial charge >= 0.3 is 0 Å². The molecular formula is C16H19ClFN3. The van der Waals surface area contributed by atoms with Gasteiger partial charge < -0.3 is 5.32 Å². The van der Waals surface area contributed by atoms with Gasteiger partial charge in [0.15, 0.2) is 0 Å². The second-order valence-electron chi connectivity index (χ2n) is 4.86. The van der Waals surface area contributed by atoms with E-state index < -0.39 is 0 Å². The molecule has 0 saturated carbocycles. The van der Waals surface area contributed by atoms with Crippen LogP contribution in [0.3, 0.4) is 0 Å². The largest absolute Gasteiger partial charge is 0.370 e. The van der Waals surface area contributed by atoms with Gasteiger partial charge in [-0.25, -0.2) is 14.4 Å². The van der Waals surface area contributed by atoms with Crippen molar-refractivity contribution >= 4 is 17.4 Å². The quantitative estimate of drug-likeness (QED) is 0.839. The fourth-order valence-electron chi connectivity index (χ4n) is 2.01. The van der Waals surface area contributed by atoms with E-state index in [0.717, 1.165) is 37.4 Å². The van der Waals surface area contributed by atoms with E-state index in [2.05, 4.69) is 29.1 Å². The topological polar surface area (TPSA) is 37.8 Å². The Kier molecular flexibility index (Phi) is 5.51. The molecule has 2 rings (SSSR count). The molecule has 0 unspecified atom stereocenters. The number of nitrogens with zero attached hydrogens (tertiary/aromatic N) is 2. The SMILES string of the molecule is CCCNc1cc(-c2ccc(Cl)cc2F)nc(CCC)n1. The van der Waals surface area contributed by atoms with Crippen LogP contribution >= 0.6 is 11.6 Å². The van der Waals surface area contributed by atoms with Crippen LogP contribution in [0.15, 0.2) is 24.3 Å².